The average Bonchev–Trinajstić information content (AvgIpc) is 2.61. The molecule has 2 rings (SSSR count). The lowest BCUT2D eigenvalue weighted by molar-refractivity contribution is 0.796. The average molecular weight is 364 g/mol. The summed E-state index contributed by atoms with van der Waals surface area (Å²) in [6, 6.07) is 0.156. The van der Waals surface area contributed by atoms with Crippen LogP contribution in [0.25, 0.3) is 0 Å². The predicted octanol–water partition coefficient (Wildman–Crippen LogP) is 7.34. The predicted molar refractivity (Wildman–Crippen MR) is 121 cm³/mol. The molecule has 0 amide bonds. The van der Waals surface area contributed by atoms with Crippen molar-refractivity contribution < 1.29 is 0 Å². The molecule has 0 radical (unpaired) electrons. The molecule has 0 aromatic heterocycles. The second-order valence-electron chi connectivity index (χ2n) is 8.43. The highest BCUT2D eigenvalue weighted by Gasteiger charge is 2.19. The Morgan fingerprint density at radius 1 is 0.519 bits per heavy atom. The number of rotatable bonds is 3. The quantitative estimate of drug-likeness (QED) is 0.506. The lowest BCUT2D eigenvalue weighted by Crippen LogP contribution is -2.10. The number of hydrogen-bond donors (Lipinski definition) is 0. The second kappa shape index (κ2) is 7.62. The number of nitrogens with zero attached hydrogens (tertiary/aromatic N) is 1. The maximum Gasteiger partial charge on any atom is 0.0729 e. The van der Waals surface area contributed by atoms with Crippen LogP contribution in [0.5, 0.6) is 0 Å². The molecule has 0 spiro atoms. The number of benzene rings is 2. The summed E-state index contributed by atoms with van der Waals surface area (Å²) in [5.74, 6) is 0. The molecule has 0 N–H and O–H groups in total. The molecule has 1 unspecified atom stereocenters. The van der Waals surface area contributed by atoms with Crippen LogP contribution in [0.4, 0.5) is 0 Å². The van der Waals surface area contributed by atoms with Crippen LogP contribution >= 0.6 is 0 Å². The number of aliphatic imine (C=N–C) groups is 1. The van der Waals surface area contributed by atoms with E-state index in [-0.39, 0.29) is 6.04 Å². The first-order valence-electron chi connectivity index (χ1n) is 10.1. The Balaban J connectivity index is 2.66. The van der Waals surface area contributed by atoms with Gasteiger partial charge < -0.3 is 0 Å². The Morgan fingerprint density at radius 2 is 0.815 bits per heavy atom. The van der Waals surface area contributed by atoms with Crippen LogP contribution in [0.1, 0.15) is 86.7 Å². The van der Waals surface area contributed by atoms with Crippen LogP contribution in [0.15, 0.2) is 4.99 Å². The molecule has 2 aromatic carbocycles. The van der Waals surface area contributed by atoms with Crippen molar-refractivity contribution >= 4 is 5.71 Å². The Bertz CT molecular complexity index is 884. The largest absolute Gasteiger partial charge is 0.282 e. The summed E-state index contributed by atoms with van der Waals surface area (Å²) < 4.78 is 0. The Kier molecular flexibility index (Phi) is 6.04. The first-order chi connectivity index (χ1) is 12.4. The lowest BCUT2D eigenvalue weighted by atomic mass is 9.86. The normalized spacial score (nSPS) is 13.3. The topological polar surface area (TPSA) is 12.4 Å². The van der Waals surface area contributed by atoms with Gasteiger partial charge in [-0.05, 0) is 144 Å². The summed E-state index contributed by atoms with van der Waals surface area (Å²) in [7, 11) is 0. The third-order valence-electron chi connectivity index (χ3n) is 7.22. The molecule has 0 aliphatic heterocycles. The van der Waals surface area contributed by atoms with Crippen LogP contribution in [-0.2, 0) is 0 Å². The molecule has 0 bridgehead atoms. The minimum atomic E-state index is 0.156. The molecule has 0 saturated carbocycles. The first-order valence-corrected chi connectivity index (χ1v) is 10.1. The maximum absolute atomic E-state index is 5.20. The molecule has 146 valence electrons. The van der Waals surface area contributed by atoms with Gasteiger partial charge in [-0.2, -0.15) is 0 Å². The monoisotopic (exact) mass is 363 g/mol. The van der Waals surface area contributed by atoms with Gasteiger partial charge in [-0.3, -0.25) is 4.99 Å². The fourth-order valence-corrected chi connectivity index (χ4v) is 4.62. The maximum atomic E-state index is 5.20. The summed E-state index contributed by atoms with van der Waals surface area (Å²) in [6.07, 6.45) is 0. The Morgan fingerprint density at radius 3 is 1.19 bits per heavy atom. The number of hydrogen-bond acceptors (Lipinski definition) is 1. The molecule has 1 nitrogen and oxygen atoms in total. The van der Waals surface area contributed by atoms with Gasteiger partial charge in [0, 0.05) is 11.3 Å². The molecule has 0 fully saturated rings. The van der Waals surface area contributed by atoms with Crippen molar-refractivity contribution in [2.24, 2.45) is 4.99 Å². The fraction of sp³-hybridized carbons (Fsp3) is 0.500. The molecule has 1 heteroatoms. The van der Waals surface area contributed by atoms with Gasteiger partial charge in [0.1, 0.15) is 0 Å². The van der Waals surface area contributed by atoms with E-state index in [2.05, 4.69) is 83.1 Å². The zero-order valence-electron chi connectivity index (χ0n) is 19.5. The van der Waals surface area contributed by atoms with Gasteiger partial charge in [0.15, 0.2) is 0 Å². The van der Waals surface area contributed by atoms with E-state index in [1.165, 1.54) is 66.8 Å². The molecule has 27 heavy (non-hydrogen) atoms. The molecular formula is C26H37N. The van der Waals surface area contributed by atoms with E-state index < -0.39 is 0 Å². The van der Waals surface area contributed by atoms with Crippen LogP contribution < -0.4 is 0 Å². The third kappa shape index (κ3) is 3.49. The summed E-state index contributed by atoms with van der Waals surface area (Å²) >= 11 is 0. The van der Waals surface area contributed by atoms with Crippen LogP contribution in [-0.4, -0.2) is 5.71 Å². The Labute approximate surface area is 166 Å². The molecule has 2 aromatic rings. The minimum Gasteiger partial charge on any atom is -0.282 e. The van der Waals surface area contributed by atoms with E-state index >= 15 is 0 Å². The fourth-order valence-electron chi connectivity index (χ4n) is 4.62. The molecule has 0 aliphatic rings. The lowest BCUT2D eigenvalue weighted by Gasteiger charge is -2.23. The highest BCUT2D eigenvalue weighted by Crippen LogP contribution is 2.33. The van der Waals surface area contributed by atoms with Gasteiger partial charge in [-0.15, -0.1) is 0 Å². The zero-order valence-corrected chi connectivity index (χ0v) is 19.5. The van der Waals surface area contributed by atoms with Gasteiger partial charge in [-0.25, -0.2) is 0 Å². The molecule has 1 atom stereocenters. The summed E-state index contributed by atoms with van der Waals surface area (Å²) in [5.41, 5.74) is 17.8. The van der Waals surface area contributed by atoms with Crippen molar-refractivity contribution in [1.29, 1.82) is 0 Å². The highest BCUT2D eigenvalue weighted by molar-refractivity contribution is 6.02. The zero-order chi connectivity index (χ0) is 20.8. The van der Waals surface area contributed by atoms with Crippen LogP contribution in [0, 0.1) is 69.2 Å². The van der Waals surface area contributed by atoms with Crippen molar-refractivity contribution in [2.75, 3.05) is 0 Å². The van der Waals surface area contributed by atoms with E-state index in [1.807, 2.05) is 0 Å². The standard InChI is InChI=1S/C26H37N/c1-13-15(3)19(7)25(20(8)16(13)4)23(11)27-24(12)26-21(9)17(5)14(2)18(6)22(26)10/h23H,1-12H3. The van der Waals surface area contributed by atoms with Crippen LogP contribution in [0.3, 0.4) is 0 Å². The highest BCUT2D eigenvalue weighted by atomic mass is 14.8. The molecule has 0 heterocycles. The third-order valence-corrected chi connectivity index (χ3v) is 7.22. The Hall–Kier alpha value is -1.89. The van der Waals surface area contributed by atoms with Crippen molar-refractivity contribution in [3.8, 4) is 0 Å². The van der Waals surface area contributed by atoms with E-state index in [0.717, 1.165) is 5.71 Å². The van der Waals surface area contributed by atoms with Gasteiger partial charge >= 0.3 is 0 Å². The van der Waals surface area contributed by atoms with E-state index in [4.69, 9.17) is 4.99 Å². The van der Waals surface area contributed by atoms with Crippen molar-refractivity contribution in [3.05, 3.63) is 66.8 Å². The van der Waals surface area contributed by atoms with Gasteiger partial charge in [0.2, 0.25) is 0 Å². The van der Waals surface area contributed by atoms with Crippen molar-refractivity contribution in [1.82, 2.24) is 0 Å². The second-order valence-corrected chi connectivity index (χ2v) is 8.43. The summed E-state index contributed by atoms with van der Waals surface area (Å²) in [5, 5.41) is 0. The molecule has 0 aliphatic carbocycles. The van der Waals surface area contributed by atoms with E-state index in [1.54, 1.807) is 0 Å². The van der Waals surface area contributed by atoms with E-state index in [0.29, 0.717) is 0 Å². The SMILES string of the molecule is CC(=NC(C)c1c(C)c(C)c(C)c(C)c1C)c1c(C)c(C)c(C)c(C)c1C. The van der Waals surface area contributed by atoms with Gasteiger partial charge in [-0.1, -0.05) is 0 Å². The minimum absolute atomic E-state index is 0.156. The first kappa shape index (κ1) is 21.4. The summed E-state index contributed by atoms with van der Waals surface area (Å²) in [4.78, 5) is 5.20. The van der Waals surface area contributed by atoms with Crippen molar-refractivity contribution in [2.45, 2.75) is 89.1 Å². The molecular weight excluding hydrogens is 326 g/mol. The molecule has 0 saturated heterocycles. The summed E-state index contributed by atoms with van der Waals surface area (Å²) in [6.45, 7) is 26.8. The smallest absolute Gasteiger partial charge is 0.0729 e. The van der Waals surface area contributed by atoms with Gasteiger partial charge in [0.25, 0.3) is 0 Å². The van der Waals surface area contributed by atoms with Crippen LogP contribution in [0.2, 0.25) is 0 Å². The van der Waals surface area contributed by atoms with E-state index in [9.17, 15) is 0 Å². The van der Waals surface area contributed by atoms with Gasteiger partial charge in [0.05, 0.1) is 6.04 Å². The van der Waals surface area contributed by atoms with Crippen molar-refractivity contribution in [3.63, 3.8) is 0 Å².